The van der Waals surface area contributed by atoms with E-state index in [2.05, 4.69) is 20.4 Å². The Labute approximate surface area is 176 Å². The third-order valence-electron chi connectivity index (χ3n) is 4.01. The summed E-state index contributed by atoms with van der Waals surface area (Å²) in [7, 11) is 0. The van der Waals surface area contributed by atoms with Crippen molar-refractivity contribution in [3.63, 3.8) is 0 Å². The Morgan fingerprint density at radius 3 is 1.62 bits per heavy atom. The molecule has 0 fully saturated rings. The molecule has 0 saturated carbocycles. The van der Waals surface area contributed by atoms with Gasteiger partial charge in [0.05, 0.1) is 19.8 Å². The number of carbonyl (C=O) groups is 3. The van der Waals surface area contributed by atoms with Crippen LogP contribution >= 0.6 is 0 Å². The molecule has 0 aromatic carbocycles. The van der Waals surface area contributed by atoms with Gasteiger partial charge in [0, 0.05) is 18.2 Å². The van der Waals surface area contributed by atoms with Crippen LogP contribution in [0.3, 0.4) is 0 Å². The molecule has 0 aliphatic heterocycles. The summed E-state index contributed by atoms with van der Waals surface area (Å²) in [6.07, 6.45) is 11.7. The molecule has 0 heterocycles. The number of esters is 3. The summed E-state index contributed by atoms with van der Waals surface area (Å²) < 4.78 is 14.6. The van der Waals surface area contributed by atoms with Gasteiger partial charge >= 0.3 is 17.9 Å². The lowest BCUT2D eigenvalue weighted by atomic mass is 10.0. The highest BCUT2D eigenvalue weighted by Gasteiger charge is 2.07. The van der Waals surface area contributed by atoms with E-state index in [4.69, 9.17) is 14.2 Å². The SMILES string of the molecule is C=CC(=O)OCC(CC)CCCC.CCCCOC(=O)C=CC(=O)OCCCC. The lowest BCUT2D eigenvalue weighted by molar-refractivity contribution is -0.140. The van der Waals surface area contributed by atoms with Crippen LogP contribution in [-0.4, -0.2) is 37.7 Å². The van der Waals surface area contributed by atoms with Gasteiger partial charge in [-0.3, -0.25) is 0 Å². The number of carbonyl (C=O) groups excluding carboxylic acids is 3. The number of rotatable bonds is 15. The average Bonchev–Trinajstić information content (AvgIpc) is 2.73. The second-order valence-electron chi connectivity index (χ2n) is 6.63. The summed E-state index contributed by atoms with van der Waals surface area (Å²) in [5.41, 5.74) is 0. The molecule has 0 N–H and O–H groups in total. The molecule has 0 aromatic rings. The van der Waals surface area contributed by atoms with Gasteiger partial charge in [0.2, 0.25) is 0 Å². The fourth-order valence-electron chi connectivity index (χ4n) is 2.02. The largest absolute Gasteiger partial charge is 0.463 e. The molecule has 29 heavy (non-hydrogen) atoms. The summed E-state index contributed by atoms with van der Waals surface area (Å²) in [6, 6.07) is 0. The molecule has 0 aromatic heterocycles. The average molecular weight is 413 g/mol. The van der Waals surface area contributed by atoms with Crippen LogP contribution in [-0.2, 0) is 28.6 Å². The first-order valence-electron chi connectivity index (χ1n) is 10.8. The minimum absolute atomic E-state index is 0.310. The van der Waals surface area contributed by atoms with Crippen LogP contribution in [0.15, 0.2) is 24.8 Å². The van der Waals surface area contributed by atoms with Crippen molar-refractivity contribution < 1.29 is 28.6 Å². The minimum Gasteiger partial charge on any atom is -0.463 e. The van der Waals surface area contributed by atoms with Crippen molar-refractivity contribution in [2.45, 2.75) is 79.1 Å². The number of hydrogen-bond donors (Lipinski definition) is 0. The minimum atomic E-state index is -0.499. The van der Waals surface area contributed by atoms with Gasteiger partial charge in [-0.25, -0.2) is 14.4 Å². The maximum absolute atomic E-state index is 11.0. The quantitative estimate of drug-likeness (QED) is 0.160. The Morgan fingerprint density at radius 2 is 1.24 bits per heavy atom. The monoisotopic (exact) mass is 412 g/mol. The standard InChI is InChI=1S/C12H20O4.C11H20O2/c1-3-5-9-15-11(13)7-8-12(14)16-10-6-4-2;1-4-7-8-10(5-2)9-13-11(12)6-3/h7-8H,3-6,9-10H2,1-2H3;6,10H,3-5,7-9H2,1-2H3. The molecule has 0 amide bonds. The van der Waals surface area contributed by atoms with E-state index in [-0.39, 0.29) is 5.97 Å². The van der Waals surface area contributed by atoms with E-state index < -0.39 is 11.9 Å². The van der Waals surface area contributed by atoms with E-state index in [1.165, 1.54) is 18.9 Å². The van der Waals surface area contributed by atoms with Crippen molar-refractivity contribution in [1.82, 2.24) is 0 Å². The topological polar surface area (TPSA) is 78.9 Å². The van der Waals surface area contributed by atoms with Gasteiger partial charge in [0.25, 0.3) is 0 Å². The van der Waals surface area contributed by atoms with Crippen molar-refractivity contribution in [1.29, 1.82) is 0 Å². The van der Waals surface area contributed by atoms with Crippen LogP contribution in [0.5, 0.6) is 0 Å². The predicted octanol–water partition coefficient (Wildman–Crippen LogP) is 5.16. The molecule has 168 valence electrons. The lowest BCUT2D eigenvalue weighted by Crippen LogP contribution is -2.12. The van der Waals surface area contributed by atoms with Crippen LogP contribution in [0.4, 0.5) is 0 Å². The van der Waals surface area contributed by atoms with E-state index in [9.17, 15) is 14.4 Å². The molecule has 0 aliphatic carbocycles. The highest BCUT2D eigenvalue weighted by atomic mass is 16.5. The number of unbranched alkanes of at least 4 members (excludes halogenated alkanes) is 3. The maximum atomic E-state index is 11.0. The third-order valence-corrected chi connectivity index (χ3v) is 4.01. The van der Waals surface area contributed by atoms with Gasteiger partial charge in [-0.15, -0.1) is 0 Å². The van der Waals surface area contributed by atoms with Gasteiger partial charge in [0.1, 0.15) is 0 Å². The van der Waals surface area contributed by atoms with E-state index in [0.717, 1.165) is 50.7 Å². The molecule has 1 unspecified atom stereocenters. The summed E-state index contributed by atoms with van der Waals surface area (Å²) in [4.78, 5) is 32.8. The second kappa shape index (κ2) is 22.2. The number of hydrogen-bond acceptors (Lipinski definition) is 6. The first kappa shape index (κ1) is 29.1. The van der Waals surface area contributed by atoms with Crippen molar-refractivity contribution in [2.75, 3.05) is 19.8 Å². The van der Waals surface area contributed by atoms with Crippen LogP contribution in [0.2, 0.25) is 0 Å². The molecule has 0 spiro atoms. The summed E-state index contributed by atoms with van der Waals surface area (Å²) in [6.45, 7) is 13.0. The molecular formula is C23H40O6. The fourth-order valence-corrected chi connectivity index (χ4v) is 2.02. The van der Waals surface area contributed by atoms with Crippen molar-refractivity contribution in [3.8, 4) is 0 Å². The Hall–Kier alpha value is -2.11. The van der Waals surface area contributed by atoms with Crippen LogP contribution in [0, 0.1) is 5.92 Å². The fraction of sp³-hybridized carbons (Fsp3) is 0.696. The van der Waals surface area contributed by atoms with E-state index >= 15 is 0 Å². The summed E-state index contributed by atoms with van der Waals surface area (Å²) >= 11 is 0. The smallest absolute Gasteiger partial charge is 0.331 e. The van der Waals surface area contributed by atoms with E-state index in [1.807, 2.05) is 13.8 Å². The van der Waals surface area contributed by atoms with E-state index in [0.29, 0.717) is 25.7 Å². The molecule has 0 radical (unpaired) electrons. The van der Waals surface area contributed by atoms with Gasteiger partial charge in [0.15, 0.2) is 0 Å². The van der Waals surface area contributed by atoms with Crippen LogP contribution in [0.25, 0.3) is 0 Å². The molecule has 6 nitrogen and oxygen atoms in total. The molecule has 0 aliphatic rings. The van der Waals surface area contributed by atoms with Gasteiger partial charge in [-0.1, -0.05) is 66.4 Å². The normalized spacial score (nSPS) is 11.2. The molecular weight excluding hydrogens is 372 g/mol. The molecule has 6 heteroatoms. The Bertz CT molecular complexity index is 446. The molecule has 1 atom stereocenters. The first-order chi connectivity index (χ1) is 13.9. The Morgan fingerprint density at radius 1 is 0.759 bits per heavy atom. The highest BCUT2D eigenvalue weighted by molar-refractivity contribution is 5.91. The Balaban J connectivity index is 0. The lowest BCUT2D eigenvalue weighted by Gasteiger charge is -2.13. The maximum Gasteiger partial charge on any atom is 0.331 e. The third kappa shape index (κ3) is 22.0. The highest BCUT2D eigenvalue weighted by Crippen LogP contribution is 2.12. The predicted molar refractivity (Wildman–Crippen MR) is 115 cm³/mol. The van der Waals surface area contributed by atoms with Crippen molar-refractivity contribution in [2.24, 2.45) is 5.92 Å². The van der Waals surface area contributed by atoms with Gasteiger partial charge < -0.3 is 14.2 Å². The summed E-state index contributed by atoms with van der Waals surface area (Å²) in [5.74, 6) is -0.791. The molecule has 0 saturated heterocycles. The van der Waals surface area contributed by atoms with Crippen molar-refractivity contribution >= 4 is 17.9 Å². The zero-order valence-corrected chi connectivity index (χ0v) is 18.7. The second-order valence-corrected chi connectivity index (χ2v) is 6.63. The van der Waals surface area contributed by atoms with Gasteiger partial charge in [-0.2, -0.15) is 0 Å². The molecule has 0 rings (SSSR count). The summed E-state index contributed by atoms with van der Waals surface area (Å²) in [5, 5.41) is 0. The van der Waals surface area contributed by atoms with Crippen molar-refractivity contribution in [3.05, 3.63) is 24.8 Å². The van der Waals surface area contributed by atoms with Gasteiger partial charge in [-0.05, 0) is 25.2 Å². The first-order valence-corrected chi connectivity index (χ1v) is 10.8. The van der Waals surface area contributed by atoms with Crippen LogP contribution < -0.4 is 0 Å². The Kier molecular flexibility index (Phi) is 22.3. The zero-order valence-electron chi connectivity index (χ0n) is 18.7. The number of ether oxygens (including phenoxy) is 3. The zero-order chi connectivity index (χ0) is 22.3. The van der Waals surface area contributed by atoms with Crippen LogP contribution in [0.1, 0.15) is 79.1 Å². The molecule has 0 bridgehead atoms. The van der Waals surface area contributed by atoms with E-state index in [1.54, 1.807) is 0 Å².